The third-order valence-electron chi connectivity index (χ3n) is 7.24. The van der Waals surface area contributed by atoms with E-state index in [1.807, 2.05) is 0 Å². The molecule has 0 bridgehead atoms. The van der Waals surface area contributed by atoms with Gasteiger partial charge in [-0.05, 0) is 24.3 Å². The summed E-state index contributed by atoms with van der Waals surface area (Å²) in [5.74, 6) is -0.898. The van der Waals surface area contributed by atoms with Gasteiger partial charge in [0.25, 0.3) is 0 Å². The molecule has 0 aliphatic rings. The molecule has 37 heavy (non-hydrogen) atoms. The molecular formula is C32H40CrF2O2. The minimum absolute atomic E-state index is 0. The molecule has 2 nitrogen and oxygen atoms in total. The van der Waals surface area contributed by atoms with Gasteiger partial charge in [-0.2, -0.15) is 55.6 Å². The molecule has 4 rings (SSSR count). The Kier molecular flexibility index (Phi) is 14.2. The molecule has 0 unspecified atom stereocenters. The molecule has 0 atom stereocenters. The van der Waals surface area contributed by atoms with Crippen molar-refractivity contribution in [3.8, 4) is 11.5 Å². The zero-order valence-corrected chi connectivity index (χ0v) is 25.0. The molecule has 0 saturated heterocycles. The second-order valence-corrected chi connectivity index (χ2v) is 9.21. The molecule has 0 fully saturated rings. The van der Waals surface area contributed by atoms with Crippen molar-refractivity contribution in [1.82, 2.24) is 0 Å². The fourth-order valence-electron chi connectivity index (χ4n) is 3.76. The van der Waals surface area contributed by atoms with Crippen molar-refractivity contribution in [1.29, 1.82) is 0 Å². The van der Waals surface area contributed by atoms with Gasteiger partial charge in [0, 0.05) is 12.1 Å². The normalized spacial score (nSPS) is 9.62. The molecule has 4 aromatic rings. The maximum atomic E-state index is 12.0. The first-order valence-corrected chi connectivity index (χ1v) is 12.0. The second-order valence-electron chi connectivity index (χ2n) is 9.21. The van der Waals surface area contributed by atoms with Crippen LogP contribution >= 0.6 is 0 Å². The van der Waals surface area contributed by atoms with Crippen LogP contribution in [0, 0.1) is 80.9 Å². The second kappa shape index (κ2) is 15.4. The zero-order chi connectivity index (χ0) is 27.7. The van der Waals surface area contributed by atoms with Crippen LogP contribution in [0.2, 0.25) is 0 Å². The predicted octanol–water partition coefficient (Wildman–Crippen LogP) is 8.96. The van der Waals surface area contributed by atoms with Gasteiger partial charge < -0.3 is 10.2 Å². The van der Waals surface area contributed by atoms with Crippen molar-refractivity contribution >= 4 is 0 Å². The largest absolute Gasteiger partial charge is 2.00 e. The minimum Gasteiger partial charge on any atom is -0.508 e. The van der Waals surface area contributed by atoms with E-state index >= 15 is 0 Å². The van der Waals surface area contributed by atoms with E-state index in [1.165, 1.54) is 92.0 Å². The third kappa shape index (κ3) is 9.84. The molecule has 0 amide bonds. The van der Waals surface area contributed by atoms with Gasteiger partial charge in [0.1, 0.15) is 23.1 Å². The molecule has 2 N–H and O–H groups in total. The Balaban J connectivity index is 0.000000465. The Labute approximate surface area is 232 Å². The van der Waals surface area contributed by atoms with E-state index in [1.54, 1.807) is 0 Å². The van der Waals surface area contributed by atoms with Crippen LogP contribution in [0.15, 0.2) is 48.5 Å². The minimum atomic E-state index is -0.412. The smallest absolute Gasteiger partial charge is 0.508 e. The average Bonchev–Trinajstić information content (AvgIpc) is 3.10. The molecule has 0 aliphatic heterocycles. The Morgan fingerprint density at radius 2 is 0.757 bits per heavy atom. The first kappa shape index (κ1) is 34.1. The van der Waals surface area contributed by atoms with Crippen LogP contribution in [0.4, 0.5) is 8.78 Å². The fourth-order valence-corrected chi connectivity index (χ4v) is 3.76. The maximum absolute atomic E-state index is 12.0. The number of aromatic hydroxyl groups is 2. The van der Waals surface area contributed by atoms with Crippen LogP contribution < -0.4 is 0 Å². The van der Waals surface area contributed by atoms with E-state index < -0.39 is 11.6 Å². The number of halogens is 2. The maximum Gasteiger partial charge on any atom is 2.00 e. The van der Waals surface area contributed by atoms with Crippen LogP contribution in [-0.4, -0.2) is 10.2 Å². The molecule has 200 valence electrons. The molecule has 4 aromatic carbocycles. The van der Waals surface area contributed by atoms with E-state index in [-0.39, 0.29) is 28.9 Å². The summed E-state index contributed by atoms with van der Waals surface area (Å²) in [4.78, 5) is 0. The van der Waals surface area contributed by atoms with E-state index in [2.05, 4.69) is 69.2 Å². The van der Waals surface area contributed by atoms with Gasteiger partial charge in [0.05, 0.1) is 0 Å². The Bertz CT molecular complexity index is 988. The Hall–Kier alpha value is -2.87. The van der Waals surface area contributed by atoms with Crippen molar-refractivity contribution in [3.05, 3.63) is 116 Å². The first-order valence-electron chi connectivity index (χ1n) is 12.0. The standard InChI is InChI=1S/2C10H15.2C6H5FO.Cr/c2*1-6-7(2)9(4)10(5)8(6)3;2*7-5-2-1-3-6(8)4-5;/h2*1-5H3;2*1-4,8H;/q2*-1;;;+2. The van der Waals surface area contributed by atoms with Crippen molar-refractivity contribution in [2.75, 3.05) is 0 Å². The van der Waals surface area contributed by atoms with E-state index in [0.717, 1.165) is 12.1 Å². The Morgan fingerprint density at radius 1 is 0.514 bits per heavy atom. The molecule has 0 aliphatic carbocycles. The molecule has 0 saturated carbocycles. The summed E-state index contributed by atoms with van der Waals surface area (Å²) in [5, 5.41) is 17.1. The topological polar surface area (TPSA) is 40.5 Å². The Morgan fingerprint density at radius 3 is 0.865 bits per heavy atom. The van der Waals surface area contributed by atoms with Gasteiger partial charge in [-0.1, -0.05) is 81.4 Å². The molecule has 0 aromatic heterocycles. The SMILES string of the molecule is Cc1c(C)c(C)[c-](C)c1C.Cc1c(C)c(C)[c-](C)c1C.Oc1cccc(F)c1.Oc1cccc(F)c1.[Cr+2]. The van der Waals surface area contributed by atoms with Crippen molar-refractivity contribution in [2.45, 2.75) is 69.2 Å². The van der Waals surface area contributed by atoms with Gasteiger partial charge in [0.2, 0.25) is 0 Å². The summed E-state index contributed by atoms with van der Waals surface area (Å²) in [6, 6.07) is 10.4. The quantitative estimate of drug-likeness (QED) is 0.216. The number of rotatable bonds is 0. The molecule has 0 spiro atoms. The van der Waals surface area contributed by atoms with Gasteiger partial charge in [-0.3, -0.25) is 0 Å². The summed E-state index contributed by atoms with van der Waals surface area (Å²) in [6.45, 7) is 22.0. The number of phenols is 2. The zero-order valence-electron chi connectivity index (χ0n) is 23.7. The summed E-state index contributed by atoms with van der Waals surface area (Å²) in [5.41, 5.74) is 14.7. The van der Waals surface area contributed by atoms with Gasteiger partial charge in [-0.25, -0.2) is 8.78 Å². The van der Waals surface area contributed by atoms with E-state index in [9.17, 15) is 8.78 Å². The molecule has 5 heteroatoms. The molecule has 0 radical (unpaired) electrons. The number of phenolic OH excluding ortho intramolecular Hbond substituents is 2. The number of hydrogen-bond donors (Lipinski definition) is 2. The monoisotopic (exact) mass is 546 g/mol. The van der Waals surface area contributed by atoms with E-state index in [0.29, 0.717) is 0 Å². The molecule has 0 heterocycles. The van der Waals surface area contributed by atoms with Crippen molar-refractivity contribution < 1.29 is 36.4 Å². The van der Waals surface area contributed by atoms with Crippen LogP contribution in [0.3, 0.4) is 0 Å². The first-order chi connectivity index (χ1) is 16.7. The number of hydrogen-bond acceptors (Lipinski definition) is 2. The summed E-state index contributed by atoms with van der Waals surface area (Å²) in [6.07, 6.45) is 0. The summed E-state index contributed by atoms with van der Waals surface area (Å²) < 4.78 is 24.0. The van der Waals surface area contributed by atoms with Crippen LogP contribution in [-0.2, 0) is 17.4 Å². The van der Waals surface area contributed by atoms with Crippen molar-refractivity contribution in [3.63, 3.8) is 0 Å². The summed E-state index contributed by atoms with van der Waals surface area (Å²) in [7, 11) is 0. The van der Waals surface area contributed by atoms with Crippen LogP contribution in [0.5, 0.6) is 11.5 Å². The van der Waals surface area contributed by atoms with Gasteiger partial charge in [-0.15, -0.1) is 0 Å². The third-order valence-corrected chi connectivity index (χ3v) is 7.24. The van der Waals surface area contributed by atoms with Crippen LogP contribution in [0.1, 0.15) is 55.6 Å². The van der Waals surface area contributed by atoms with E-state index in [4.69, 9.17) is 10.2 Å². The van der Waals surface area contributed by atoms with Gasteiger partial charge >= 0.3 is 17.4 Å². The average molecular weight is 547 g/mol. The molecular weight excluding hydrogens is 506 g/mol. The summed E-state index contributed by atoms with van der Waals surface area (Å²) >= 11 is 0. The van der Waals surface area contributed by atoms with Crippen LogP contribution in [0.25, 0.3) is 0 Å². The number of benzene rings is 2. The van der Waals surface area contributed by atoms with Gasteiger partial charge in [0.15, 0.2) is 0 Å². The van der Waals surface area contributed by atoms with Crippen molar-refractivity contribution in [2.24, 2.45) is 0 Å². The fraction of sp³-hybridized carbons (Fsp3) is 0.312. The predicted molar refractivity (Wildman–Crippen MR) is 148 cm³/mol.